The Morgan fingerprint density at radius 1 is 0.893 bits per heavy atom. The summed E-state index contributed by atoms with van der Waals surface area (Å²) in [7, 11) is 2.22. The molecule has 0 saturated carbocycles. The minimum atomic E-state index is -0.0518. The number of rotatable bonds is 3. The number of anilines is 1. The van der Waals surface area contributed by atoms with E-state index in [1.807, 2.05) is 0 Å². The van der Waals surface area contributed by atoms with Crippen molar-refractivity contribution in [3.05, 3.63) is 57.6 Å². The molecule has 1 N–H and O–H groups in total. The standard InChI is InChI=1S/C26H35NO/c1-26(2,3)23-15-9-12-20(25(23)28)17-27(4)24-21-13-7-5-10-18(21)16-19-11-6-8-14-22(19)24/h9,12,15-16,28H,5-8,10-11,13-14,17H2,1-4H3. The fraction of sp³-hybridized carbons (Fsp3) is 0.538. The maximum Gasteiger partial charge on any atom is 0.124 e. The molecule has 0 unspecified atom stereocenters. The van der Waals surface area contributed by atoms with Gasteiger partial charge in [-0.05, 0) is 84.6 Å². The molecule has 0 saturated heterocycles. The van der Waals surface area contributed by atoms with Crippen molar-refractivity contribution in [1.29, 1.82) is 0 Å². The first-order valence-electron chi connectivity index (χ1n) is 11.0. The smallest absolute Gasteiger partial charge is 0.124 e. The van der Waals surface area contributed by atoms with Gasteiger partial charge in [0.1, 0.15) is 5.75 Å². The van der Waals surface area contributed by atoms with E-state index >= 15 is 0 Å². The summed E-state index contributed by atoms with van der Waals surface area (Å²) < 4.78 is 0. The number of para-hydroxylation sites is 1. The van der Waals surface area contributed by atoms with Crippen LogP contribution in [0.25, 0.3) is 0 Å². The van der Waals surface area contributed by atoms with Crippen molar-refractivity contribution >= 4 is 5.69 Å². The molecule has 0 aliphatic heterocycles. The Hall–Kier alpha value is -1.96. The molecule has 0 amide bonds. The molecule has 2 nitrogen and oxygen atoms in total. The van der Waals surface area contributed by atoms with Gasteiger partial charge in [0.05, 0.1) is 0 Å². The fourth-order valence-electron chi connectivity index (χ4n) is 5.23. The lowest BCUT2D eigenvalue weighted by Gasteiger charge is -2.33. The highest BCUT2D eigenvalue weighted by Gasteiger charge is 2.25. The van der Waals surface area contributed by atoms with Gasteiger partial charge < -0.3 is 10.0 Å². The summed E-state index contributed by atoms with van der Waals surface area (Å²) in [6, 6.07) is 8.77. The van der Waals surface area contributed by atoms with Crippen LogP contribution in [-0.2, 0) is 37.6 Å². The molecule has 2 aromatic rings. The molecule has 2 aliphatic carbocycles. The minimum Gasteiger partial charge on any atom is -0.507 e. The largest absolute Gasteiger partial charge is 0.507 e. The van der Waals surface area contributed by atoms with Gasteiger partial charge in [-0.25, -0.2) is 0 Å². The average Bonchev–Trinajstić information content (AvgIpc) is 2.66. The van der Waals surface area contributed by atoms with Crippen molar-refractivity contribution in [1.82, 2.24) is 0 Å². The second kappa shape index (κ2) is 7.46. The number of hydrogen-bond donors (Lipinski definition) is 1. The second-order valence-electron chi connectivity index (χ2n) is 9.83. The molecule has 2 aliphatic rings. The first-order chi connectivity index (χ1) is 13.4. The van der Waals surface area contributed by atoms with Crippen molar-refractivity contribution in [2.45, 2.75) is 84.1 Å². The molecule has 2 aromatic carbocycles. The van der Waals surface area contributed by atoms with Crippen LogP contribution in [0.5, 0.6) is 5.75 Å². The monoisotopic (exact) mass is 377 g/mol. The first-order valence-corrected chi connectivity index (χ1v) is 11.0. The summed E-state index contributed by atoms with van der Waals surface area (Å²) in [6.45, 7) is 7.26. The summed E-state index contributed by atoms with van der Waals surface area (Å²) >= 11 is 0. The van der Waals surface area contributed by atoms with Gasteiger partial charge in [-0.1, -0.05) is 45.0 Å². The number of benzene rings is 2. The Morgan fingerprint density at radius 3 is 2.04 bits per heavy atom. The highest BCUT2D eigenvalue weighted by Crippen LogP contribution is 2.40. The van der Waals surface area contributed by atoms with Crippen LogP contribution in [-0.4, -0.2) is 12.2 Å². The molecule has 0 fully saturated rings. The van der Waals surface area contributed by atoms with Gasteiger partial charge in [0.2, 0.25) is 0 Å². The number of phenolic OH excluding ortho intramolecular Hbond substituents is 1. The summed E-state index contributed by atoms with van der Waals surface area (Å²) in [5, 5.41) is 11.0. The van der Waals surface area contributed by atoms with Crippen LogP contribution in [0.4, 0.5) is 5.69 Å². The number of phenols is 1. The molecular formula is C26H35NO. The number of fused-ring (bicyclic) bond motifs is 2. The number of nitrogens with zero attached hydrogens (tertiary/aromatic N) is 1. The quantitative estimate of drug-likeness (QED) is 0.700. The summed E-state index contributed by atoms with van der Waals surface area (Å²) in [4.78, 5) is 2.43. The zero-order valence-electron chi connectivity index (χ0n) is 18.1. The van der Waals surface area contributed by atoms with E-state index in [9.17, 15) is 5.11 Å². The van der Waals surface area contributed by atoms with Crippen LogP contribution in [0.1, 0.15) is 79.8 Å². The van der Waals surface area contributed by atoms with Gasteiger partial charge in [-0.15, -0.1) is 0 Å². The highest BCUT2D eigenvalue weighted by atomic mass is 16.3. The summed E-state index contributed by atoms with van der Waals surface area (Å²) in [5.41, 5.74) is 9.84. The fourth-order valence-corrected chi connectivity index (χ4v) is 5.23. The van der Waals surface area contributed by atoms with E-state index in [-0.39, 0.29) is 5.41 Å². The van der Waals surface area contributed by atoms with Crippen LogP contribution in [0.2, 0.25) is 0 Å². The van der Waals surface area contributed by atoms with Crippen molar-refractivity contribution in [2.24, 2.45) is 0 Å². The molecular weight excluding hydrogens is 342 g/mol. The van der Waals surface area contributed by atoms with Gasteiger partial charge in [-0.2, -0.15) is 0 Å². The summed E-state index contributed by atoms with van der Waals surface area (Å²) in [5.74, 6) is 0.473. The van der Waals surface area contributed by atoms with Crippen molar-refractivity contribution in [3.8, 4) is 5.75 Å². The zero-order valence-corrected chi connectivity index (χ0v) is 18.1. The van der Waals surface area contributed by atoms with Crippen molar-refractivity contribution < 1.29 is 5.11 Å². The van der Waals surface area contributed by atoms with Gasteiger partial charge in [0, 0.05) is 24.8 Å². The highest BCUT2D eigenvalue weighted by molar-refractivity contribution is 5.66. The van der Waals surface area contributed by atoms with Gasteiger partial charge >= 0.3 is 0 Å². The minimum absolute atomic E-state index is 0.0518. The summed E-state index contributed by atoms with van der Waals surface area (Å²) in [6.07, 6.45) is 10.1. The molecule has 0 atom stereocenters. The Morgan fingerprint density at radius 2 is 1.46 bits per heavy atom. The third kappa shape index (κ3) is 3.54. The van der Waals surface area contributed by atoms with Crippen LogP contribution in [0, 0.1) is 0 Å². The maximum atomic E-state index is 11.0. The lowest BCUT2D eigenvalue weighted by Crippen LogP contribution is -2.24. The van der Waals surface area contributed by atoms with Crippen LogP contribution < -0.4 is 4.90 Å². The van der Waals surface area contributed by atoms with Crippen molar-refractivity contribution in [2.75, 3.05) is 11.9 Å². The average molecular weight is 378 g/mol. The van der Waals surface area contributed by atoms with Gasteiger partial charge in [0.25, 0.3) is 0 Å². The third-order valence-electron chi connectivity index (χ3n) is 6.66. The topological polar surface area (TPSA) is 23.5 Å². The van der Waals surface area contributed by atoms with E-state index < -0.39 is 0 Å². The molecule has 0 radical (unpaired) electrons. The predicted octanol–water partition coefficient (Wildman–Crippen LogP) is 6.08. The van der Waals surface area contributed by atoms with E-state index in [1.54, 1.807) is 22.3 Å². The van der Waals surface area contributed by atoms with Crippen LogP contribution >= 0.6 is 0 Å². The predicted molar refractivity (Wildman–Crippen MR) is 119 cm³/mol. The molecule has 4 rings (SSSR count). The SMILES string of the molecule is CN(Cc1cccc(C(C)(C)C)c1O)c1c2c(cc3c1CCCC3)CCCC2. The van der Waals surface area contributed by atoms with Crippen LogP contribution in [0.15, 0.2) is 24.3 Å². The normalized spacial score (nSPS) is 16.4. The molecule has 2 heteroatoms. The third-order valence-corrected chi connectivity index (χ3v) is 6.66. The van der Waals surface area contributed by atoms with Gasteiger partial charge in [0.15, 0.2) is 0 Å². The van der Waals surface area contributed by atoms with Crippen molar-refractivity contribution in [3.63, 3.8) is 0 Å². The zero-order chi connectivity index (χ0) is 19.9. The number of aryl methyl sites for hydroxylation is 2. The Bertz CT molecular complexity index is 841. The number of hydrogen-bond acceptors (Lipinski definition) is 2. The number of aromatic hydroxyl groups is 1. The molecule has 0 spiro atoms. The van der Waals surface area contributed by atoms with Crippen LogP contribution in [0.3, 0.4) is 0 Å². The van der Waals surface area contributed by atoms with E-state index in [0.29, 0.717) is 5.75 Å². The lowest BCUT2D eigenvalue weighted by atomic mass is 9.81. The maximum absolute atomic E-state index is 11.0. The lowest BCUT2D eigenvalue weighted by molar-refractivity contribution is 0.440. The van der Waals surface area contributed by atoms with Gasteiger partial charge in [-0.3, -0.25) is 0 Å². The molecule has 28 heavy (non-hydrogen) atoms. The van der Waals surface area contributed by atoms with E-state index in [2.05, 4.69) is 57.0 Å². The molecule has 150 valence electrons. The molecule has 0 aromatic heterocycles. The molecule has 0 bridgehead atoms. The van der Waals surface area contributed by atoms with E-state index in [1.165, 1.54) is 57.1 Å². The Kier molecular flexibility index (Phi) is 5.16. The van der Waals surface area contributed by atoms with E-state index in [4.69, 9.17) is 0 Å². The molecule has 0 heterocycles. The second-order valence-corrected chi connectivity index (χ2v) is 9.83. The Balaban J connectivity index is 1.74. The van der Waals surface area contributed by atoms with E-state index in [0.717, 1.165) is 17.7 Å². The Labute approximate surface area is 170 Å². The first kappa shape index (κ1) is 19.4.